The molecule has 0 N–H and O–H groups in total. The predicted octanol–water partition coefficient (Wildman–Crippen LogP) is 3.89. The van der Waals surface area contributed by atoms with E-state index in [1.165, 1.54) is 0 Å². The molecule has 4 heteroatoms. The molecular weight excluding hydrogens is 275 g/mol. The van der Waals surface area contributed by atoms with Gasteiger partial charge in [0.25, 0.3) is 0 Å². The Hall–Kier alpha value is -1.78. The van der Waals surface area contributed by atoms with E-state index in [-0.39, 0.29) is 57.6 Å². The van der Waals surface area contributed by atoms with Crippen molar-refractivity contribution in [1.82, 2.24) is 0 Å². The third-order valence-corrected chi connectivity index (χ3v) is 4.39. The zero-order valence-corrected chi connectivity index (χ0v) is 12.8. The summed E-state index contributed by atoms with van der Waals surface area (Å²) in [5.41, 5.74) is -1.65. The average molecular weight is 301 g/mol. The summed E-state index contributed by atoms with van der Waals surface area (Å²) >= 11 is 0. The zero-order valence-electron chi connectivity index (χ0n) is 19.8. The SMILES string of the molecule is [2H]c1c([2H])c([2H])c2c(oc3c([2H])c([2H])c(B4OC(C)(C)C(C)(C)O4)c([2H])c32)c1[2H]. The Morgan fingerprint density at radius 1 is 0.864 bits per heavy atom. The minimum atomic E-state index is -1.06. The zero-order chi connectivity index (χ0) is 21.6. The number of furan rings is 1. The van der Waals surface area contributed by atoms with Gasteiger partial charge in [0.15, 0.2) is 0 Å². The monoisotopic (exact) mass is 301 g/mol. The van der Waals surface area contributed by atoms with E-state index >= 15 is 0 Å². The number of para-hydroxylation sites is 1. The minimum absolute atomic E-state index is 0.0160. The quantitative estimate of drug-likeness (QED) is 0.639. The summed E-state index contributed by atoms with van der Waals surface area (Å²) in [6.07, 6.45) is 0. The molecule has 0 radical (unpaired) electrons. The molecule has 0 bridgehead atoms. The maximum absolute atomic E-state index is 8.71. The van der Waals surface area contributed by atoms with Crippen molar-refractivity contribution >= 4 is 34.5 Å². The van der Waals surface area contributed by atoms with E-state index in [0.717, 1.165) is 0 Å². The maximum atomic E-state index is 8.71. The largest absolute Gasteiger partial charge is 0.494 e. The molecule has 2 aromatic carbocycles. The summed E-state index contributed by atoms with van der Waals surface area (Å²) in [5.74, 6) is 0. The van der Waals surface area contributed by atoms with Gasteiger partial charge in [-0.05, 0) is 45.2 Å². The molecule has 22 heavy (non-hydrogen) atoms. The molecule has 0 saturated carbocycles. The summed E-state index contributed by atoms with van der Waals surface area (Å²) < 4.78 is 75.1. The van der Waals surface area contributed by atoms with Gasteiger partial charge in [0.2, 0.25) is 0 Å². The van der Waals surface area contributed by atoms with Gasteiger partial charge < -0.3 is 13.7 Å². The van der Waals surface area contributed by atoms with Gasteiger partial charge >= 0.3 is 7.12 Å². The van der Waals surface area contributed by atoms with Crippen molar-refractivity contribution in [2.75, 3.05) is 0 Å². The van der Waals surface area contributed by atoms with Gasteiger partial charge in [-0.3, -0.25) is 0 Å². The molecule has 1 fully saturated rings. The average Bonchev–Trinajstić information content (AvgIpc) is 3.12. The lowest BCUT2D eigenvalue weighted by Crippen LogP contribution is -2.41. The minimum Gasteiger partial charge on any atom is -0.456 e. The number of benzene rings is 2. The van der Waals surface area contributed by atoms with Crippen molar-refractivity contribution in [2.45, 2.75) is 38.9 Å². The highest BCUT2D eigenvalue weighted by Crippen LogP contribution is 2.37. The van der Waals surface area contributed by atoms with Crippen LogP contribution in [0.15, 0.2) is 46.7 Å². The maximum Gasteiger partial charge on any atom is 0.494 e. The van der Waals surface area contributed by atoms with E-state index in [4.69, 9.17) is 23.3 Å². The number of hydrogen-bond acceptors (Lipinski definition) is 3. The molecule has 4 rings (SSSR count). The molecule has 3 aromatic rings. The normalized spacial score (nSPS) is 24.5. The molecule has 0 amide bonds. The van der Waals surface area contributed by atoms with E-state index in [1.807, 2.05) is 27.7 Å². The lowest BCUT2D eigenvalue weighted by atomic mass is 9.78. The van der Waals surface area contributed by atoms with Gasteiger partial charge in [-0.1, -0.05) is 30.2 Å². The smallest absolute Gasteiger partial charge is 0.456 e. The van der Waals surface area contributed by atoms with Crippen LogP contribution >= 0.6 is 0 Å². The Bertz CT molecular complexity index is 1190. The Morgan fingerprint density at radius 3 is 2.23 bits per heavy atom. The third kappa shape index (κ3) is 1.91. The van der Waals surface area contributed by atoms with E-state index < -0.39 is 30.4 Å². The van der Waals surface area contributed by atoms with Crippen molar-refractivity contribution in [3.05, 3.63) is 42.3 Å². The van der Waals surface area contributed by atoms with Gasteiger partial charge in [0.1, 0.15) is 11.2 Å². The van der Waals surface area contributed by atoms with Gasteiger partial charge in [-0.15, -0.1) is 0 Å². The molecule has 3 nitrogen and oxygen atoms in total. The molecule has 112 valence electrons. The van der Waals surface area contributed by atoms with Crippen molar-refractivity contribution < 1.29 is 23.3 Å². The van der Waals surface area contributed by atoms with Gasteiger partial charge in [-0.2, -0.15) is 0 Å². The van der Waals surface area contributed by atoms with Crippen LogP contribution in [0.3, 0.4) is 0 Å². The van der Waals surface area contributed by atoms with Crippen LogP contribution in [-0.4, -0.2) is 18.3 Å². The Kier molecular flexibility index (Phi) is 1.63. The Morgan fingerprint density at radius 2 is 1.50 bits per heavy atom. The number of rotatable bonds is 1. The van der Waals surface area contributed by atoms with Crippen molar-refractivity contribution in [3.8, 4) is 0 Å². The molecule has 1 aliphatic rings. The molecule has 0 atom stereocenters. The molecule has 1 aromatic heterocycles. The van der Waals surface area contributed by atoms with Gasteiger partial charge in [-0.25, -0.2) is 0 Å². The molecule has 0 spiro atoms. The van der Waals surface area contributed by atoms with Crippen molar-refractivity contribution in [2.24, 2.45) is 0 Å². The predicted molar refractivity (Wildman–Crippen MR) is 89.4 cm³/mol. The first-order valence-corrected chi connectivity index (χ1v) is 7.08. The molecular formula is C18H19BO3. The number of hydrogen-bond donors (Lipinski definition) is 0. The summed E-state index contributed by atoms with van der Waals surface area (Å²) in [6.45, 7) is 7.35. The van der Waals surface area contributed by atoms with Crippen LogP contribution in [0.5, 0.6) is 0 Å². The third-order valence-electron chi connectivity index (χ3n) is 4.39. The lowest BCUT2D eigenvalue weighted by molar-refractivity contribution is 0.00578. The second-order valence-electron chi connectivity index (χ2n) is 6.39. The first kappa shape index (κ1) is 8.18. The highest BCUT2D eigenvalue weighted by molar-refractivity contribution is 6.62. The Labute approximate surface area is 140 Å². The molecule has 0 unspecified atom stereocenters. The first-order valence-electron chi connectivity index (χ1n) is 10.6. The van der Waals surface area contributed by atoms with Crippen LogP contribution in [0.25, 0.3) is 21.9 Å². The van der Waals surface area contributed by atoms with Gasteiger partial charge in [0, 0.05) is 10.8 Å². The van der Waals surface area contributed by atoms with Crippen LogP contribution in [0.4, 0.5) is 0 Å². The second-order valence-corrected chi connectivity index (χ2v) is 6.39. The second kappa shape index (κ2) is 4.37. The van der Waals surface area contributed by atoms with E-state index in [2.05, 4.69) is 0 Å². The Balaban J connectivity index is 2.11. The van der Waals surface area contributed by atoms with Crippen molar-refractivity contribution in [1.29, 1.82) is 0 Å². The summed E-state index contributed by atoms with van der Waals surface area (Å²) in [5, 5.41) is 0.0694. The van der Waals surface area contributed by atoms with Gasteiger partial charge in [0.05, 0.1) is 20.8 Å². The fourth-order valence-electron chi connectivity index (χ4n) is 2.40. The summed E-state index contributed by atoms with van der Waals surface area (Å²) in [6, 6.07) is -2.49. The van der Waals surface area contributed by atoms with Crippen LogP contribution in [0.1, 0.15) is 37.3 Å². The van der Waals surface area contributed by atoms with Crippen molar-refractivity contribution in [3.63, 3.8) is 0 Å². The highest BCUT2D eigenvalue weighted by Gasteiger charge is 2.51. The van der Waals surface area contributed by atoms with E-state index in [1.54, 1.807) is 0 Å². The standard InChI is InChI=1S/C18H19BO3/c1-17(2)18(3,4)22-19(21-17)12-9-10-16-14(11-12)13-7-5-6-8-15(13)20-16/h5-11H,1-4H3/i5D,6D,7D,8D,9D,10D,11D. The number of fused-ring (bicyclic) bond motifs is 3. The van der Waals surface area contributed by atoms with Crippen LogP contribution in [0.2, 0.25) is 0 Å². The summed E-state index contributed by atoms with van der Waals surface area (Å²) in [4.78, 5) is 0. The molecule has 1 aliphatic heterocycles. The fraction of sp³-hybridized carbons (Fsp3) is 0.333. The first-order chi connectivity index (χ1) is 13.3. The van der Waals surface area contributed by atoms with Crippen LogP contribution < -0.4 is 5.46 Å². The lowest BCUT2D eigenvalue weighted by Gasteiger charge is -2.32. The molecule has 1 saturated heterocycles. The molecule has 0 aliphatic carbocycles. The van der Waals surface area contributed by atoms with E-state index in [0.29, 0.717) is 0 Å². The molecule has 2 heterocycles. The fourth-order valence-corrected chi connectivity index (χ4v) is 2.40. The highest BCUT2D eigenvalue weighted by atomic mass is 16.7. The topological polar surface area (TPSA) is 31.6 Å². The summed E-state index contributed by atoms with van der Waals surface area (Å²) in [7, 11) is -1.06. The van der Waals surface area contributed by atoms with Crippen LogP contribution in [0, 0.1) is 0 Å². The van der Waals surface area contributed by atoms with Crippen LogP contribution in [-0.2, 0) is 9.31 Å². The van der Waals surface area contributed by atoms with E-state index in [9.17, 15) is 0 Å².